The Bertz CT molecular complexity index is 992. The first kappa shape index (κ1) is 31.4. The van der Waals surface area contributed by atoms with Crippen molar-refractivity contribution in [2.75, 3.05) is 6.61 Å². The lowest BCUT2D eigenvalue weighted by atomic mass is 10.0. The summed E-state index contributed by atoms with van der Waals surface area (Å²) in [7, 11) is -2.79. The maximum absolute atomic E-state index is 13.2. The van der Waals surface area contributed by atoms with Gasteiger partial charge in [-0.25, -0.2) is 0 Å². The second kappa shape index (κ2) is 14.0. The molecule has 3 rings (SSSR count). The Labute approximate surface area is 236 Å². The highest BCUT2D eigenvalue weighted by molar-refractivity contribution is 6.99. The fourth-order valence-electron chi connectivity index (χ4n) is 5.64. The standard InChI is InChI=1S/C33H48O5Si/c1-7-8-17-28(24-27(35)23-26(34)16-15-18-29-25-36-33(5,6)37-29)38-39(32(2,3)4,30-19-11-9-12-20-30)31-21-13-10-14-22-31/h7,9-14,19-22,26,28-29,34H,1,8,15-18,23-25H2,2-6H3/t26?,28-,29+/m0/s1. The molecule has 0 bridgehead atoms. The number of benzene rings is 2. The molecule has 0 saturated carbocycles. The summed E-state index contributed by atoms with van der Waals surface area (Å²) in [6.45, 7) is 15.1. The maximum atomic E-state index is 13.2. The van der Waals surface area contributed by atoms with Gasteiger partial charge in [-0.15, -0.1) is 6.58 Å². The van der Waals surface area contributed by atoms with Crippen LogP contribution in [-0.2, 0) is 18.7 Å². The number of carbonyl (C=O) groups excluding carboxylic acids is 1. The largest absolute Gasteiger partial charge is 0.404 e. The fourth-order valence-corrected chi connectivity index (χ4v) is 10.4. The molecule has 5 nitrogen and oxygen atoms in total. The average molecular weight is 553 g/mol. The molecule has 0 aliphatic carbocycles. The van der Waals surface area contributed by atoms with Crippen molar-refractivity contribution in [3.8, 4) is 0 Å². The van der Waals surface area contributed by atoms with Gasteiger partial charge >= 0.3 is 0 Å². The number of hydrogen-bond acceptors (Lipinski definition) is 5. The van der Waals surface area contributed by atoms with Crippen molar-refractivity contribution >= 4 is 24.5 Å². The number of ether oxygens (including phenoxy) is 2. The van der Waals surface area contributed by atoms with Crippen LogP contribution < -0.4 is 10.4 Å². The number of aliphatic hydroxyl groups excluding tert-OH is 1. The zero-order valence-corrected chi connectivity index (χ0v) is 25.5. The predicted octanol–water partition coefficient (Wildman–Crippen LogP) is 5.93. The summed E-state index contributed by atoms with van der Waals surface area (Å²) in [5.41, 5.74) is 0. The quantitative estimate of drug-likeness (QED) is 0.219. The van der Waals surface area contributed by atoms with E-state index in [-0.39, 0.29) is 35.9 Å². The van der Waals surface area contributed by atoms with Gasteiger partial charge in [0.1, 0.15) is 5.78 Å². The van der Waals surface area contributed by atoms with Crippen molar-refractivity contribution in [2.45, 2.75) is 109 Å². The highest BCUT2D eigenvalue weighted by Crippen LogP contribution is 2.38. The van der Waals surface area contributed by atoms with Gasteiger partial charge in [0.2, 0.25) is 0 Å². The molecule has 1 unspecified atom stereocenters. The molecule has 6 heteroatoms. The Kier molecular flexibility index (Phi) is 11.3. The van der Waals surface area contributed by atoms with Crippen LogP contribution in [0.5, 0.6) is 0 Å². The molecular weight excluding hydrogens is 504 g/mol. The molecule has 1 aliphatic rings. The van der Waals surface area contributed by atoms with Gasteiger partial charge < -0.3 is 19.0 Å². The first-order chi connectivity index (χ1) is 18.5. The number of ketones is 1. The van der Waals surface area contributed by atoms with Crippen LogP contribution >= 0.6 is 0 Å². The lowest BCUT2D eigenvalue weighted by Crippen LogP contribution is -2.67. The summed E-state index contributed by atoms with van der Waals surface area (Å²) in [5, 5.41) is 12.9. The monoisotopic (exact) mass is 552 g/mol. The second-order valence-corrected chi connectivity index (χ2v) is 16.5. The molecule has 1 saturated heterocycles. The molecule has 2 aromatic rings. The highest BCUT2D eigenvalue weighted by Gasteiger charge is 2.51. The number of rotatable bonds is 15. The molecule has 1 aliphatic heterocycles. The van der Waals surface area contributed by atoms with Gasteiger partial charge in [-0.1, -0.05) is 87.5 Å². The number of hydrogen-bond donors (Lipinski definition) is 1. The Morgan fingerprint density at radius 3 is 2.15 bits per heavy atom. The highest BCUT2D eigenvalue weighted by atomic mass is 28.4. The van der Waals surface area contributed by atoms with Gasteiger partial charge in [0, 0.05) is 12.8 Å². The van der Waals surface area contributed by atoms with Gasteiger partial charge in [-0.3, -0.25) is 4.79 Å². The SMILES string of the molecule is C=CCC[C@@H](CC(=O)CC(O)CCC[C@@H]1COC(C)(C)O1)O[Si](c1ccccc1)(c1ccccc1)C(C)(C)C. The third kappa shape index (κ3) is 8.69. The Morgan fingerprint density at radius 1 is 1.08 bits per heavy atom. The van der Waals surface area contributed by atoms with Crippen molar-refractivity contribution in [3.05, 3.63) is 73.3 Å². The lowest BCUT2D eigenvalue weighted by Gasteiger charge is -2.45. The lowest BCUT2D eigenvalue weighted by molar-refractivity contribution is -0.139. The molecule has 1 fully saturated rings. The first-order valence-electron chi connectivity index (χ1n) is 14.4. The normalized spacial score (nSPS) is 19.0. The fraction of sp³-hybridized carbons (Fsp3) is 0.545. The minimum atomic E-state index is -2.79. The van der Waals surface area contributed by atoms with Crippen molar-refractivity contribution in [1.82, 2.24) is 0 Å². The predicted molar refractivity (Wildman–Crippen MR) is 161 cm³/mol. The van der Waals surface area contributed by atoms with Crippen LogP contribution in [0, 0.1) is 0 Å². The van der Waals surface area contributed by atoms with E-state index in [9.17, 15) is 9.90 Å². The van der Waals surface area contributed by atoms with Crippen molar-refractivity contribution in [2.24, 2.45) is 0 Å². The Hall–Kier alpha value is -2.09. The average Bonchev–Trinajstić information content (AvgIpc) is 3.24. The van der Waals surface area contributed by atoms with Crippen molar-refractivity contribution in [3.63, 3.8) is 0 Å². The van der Waals surface area contributed by atoms with Gasteiger partial charge in [-0.05, 0) is 61.4 Å². The van der Waals surface area contributed by atoms with E-state index in [2.05, 4.69) is 75.9 Å². The summed E-state index contributed by atoms with van der Waals surface area (Å²) in [5.74, 6) is -0.499. The molecule has 2 aromatic carbocycles. The summed E-state index contributed by atoms with van der Waals surface area (Å²) >= 11 is 0. The molecular formula is C33H48O5Si. The van der Waals surface area contributed by atoms with Gasteiger partial charge in [0.15, 0.2) is 5.79 Å². The van der Waals surface area contributed by atoms with Gasteiger partial charge in [0.05, 0.1) is 24.9 Å². The molecule has 1 N–H and O–H groups in total. The van der Waals surface area contributed by atoms with E-state index in [1.54, 1.807) is 0 Å². The zero-order valence-electron chi connectivity index (χ0n) is 24.5. The third-order valence-corrected chi connectivity index (χ3v) is 12.6. The molecule has 0 aromatic heterocycles. The molecule has 0 radical (unpaired) electrons. The smallest absolute Gasteiger partial charge is 0.261 e. The van der Waals surface area contributed by atoms with E-state index in [0.29, 0.717) is 19.4 Å². The topological polar surface area (TPSA) is 65.0 Å². The molecule has 0 amide bonds. The number of carbonyl (C=O) groups is 1. The first-order valence-corrected chi connectivity index (χ1v) is 16.3. The van der Waals surface area contributed by atoms with E-state index in [1.807, 2.05) is 32.1 Å². The molecule has 39 heavy (non-hydrogen) atoms. The van der Waals surface area contributed by atoms with Crippen LogP contribution in [0.15, 0.2) is 73.3 Å². The van der Waals surface area contributed by atoms with E-state index in [0.717, 1.165) is 19.3 Å². The van der Waals surface area contributed by atoms with Gasteiger partial charge in [-0.2, -0.15) is 0 Å². The van der Waals surface area contributed by atoms with Crippen LogP contribution in [0.4, 0.5) is 0 Å². The number of aliphatic hydroxyl groups is 1. The van der Waals surface area contributed by atoms with E-state index >= 15 is 0 Å². The molecule has 1 heterocycles. The van der Waals surface area contributed by atoms with Gasteiger partial charge in [0.25, 0.3) is 8.32 Å². The minimum absolute atomic E-state index is 0.0380. The third-order valence-electron chi connectivity index (χ3n) is 7.50. The van der Waals surface area contributed by atoms with E-state index < -0.39 is 20.2 Å². The van der Waals surface area contributed by atoms with Crippen LogP contribution in [0.1, 0.15) is 79.6 Å². The summed E-state index contributed by atoms with van der Waals surface area (Å²) in [4.78, 5) is 13.2. The number of allylic oxidation sites excluding steroid dienone is 1. The van der Waals surface area contributed by atoms with Crippen LogP contribution in [0.2, 0.25) is 5.04 Å². The second-order valence-electron chi connectivity index (χ2n) is 12.3. The minimum Gasteiger partial charge on any atom is -0.404 e. The van der Waals surface area contributed by atoms with Crippen molar-refractivity contribution in [1.29, 1.82) is 0 Å². The number of Topliss-reactive ketones (excluding diaryl/α,β-unsaturated/α-hetero) is 1. The van der Waals surface area contributed by atoms with E-state index in [1.165, 1.54) is 10.4 Å². The Balaban J connectivity index is 1.73. The van der Waals surface area contributed by atoms with Crippen molar-refractivity contribution < 1.29 is 23.8 Å². The van der Waals surface area contributed by atoms with E-state index in [4.69, 9.17) is 13.9 Å². The zero-order chi connectivity index (χ0) is 28.5. The van der Waals surface area contributed by atoms with Crippen LogP contribution in [0.3, 0.4) is 0 Å². The van der Waals surface area contributed by atoms with Crippen LogP contribution in [0.25, 0.3) is 0 Å². The molecule has 214 valence electrons. The molecule has 3 atom stereocenters. The summed E-state index contributed by atoms with van der Waals surface area (Å²) < 4.78 is 18.7. The maximum Gasteiger partial charge on any atom is 0.261 e. The van der Waals surface area contributed by atoms with Crippen LogP contribution in [-0.4, -0.2) is 49.9 Å². The summed E-state index contributed by atoms with van der Waals surface area (Å²) in [6, 6.07) is 21.0. The summed E-state index contributed by atoms with van der Waals surface area (Å²) in [6.07, 6.45) is 5.07. The Morgan fingerprint density at radius 2 is 1.67 bits per heavy atom. The molecule has 0 spiro atoms.